The molecule has 0 radical (unpaired) electrons. The molecule has 2 aromatic rings. The Morgan fingerprint density at radius 2 is 2.05 bits per heavy atom. The summed E-state index contributed by atoms with van der Waals surface area (Å²) in [6, 6.07) is 10.4. The van der Waals surface area contributed by atoms with Crippen LogP contribution in [0.25, 0.3) is 0 Å². The van der Waals surface area contributed by atoms with Gasteiger partial charge < -0.3 is 10.6 Å². The van der Waals surface area contributed by atoms with Gasteiger partial charge in [-0.05, 0) is 31.6 Å². The van der Waals surface area contributed by atoms with E-state index < -0.39 is 0 Å². The molecule has 0 aliphatic heterocycles. The third kappa shape index (κ3) is 3.57. The van der Waals surface area contributed by atoms with Crippen LogP contribution in [-0.2, 0) is 13.6 Å². The summed E-state index contributed by atoms with van der Waals surface area (Å²) in [5, 5.41) is 11.4. The average Bonchev–Trinajstić information content (AvgIpc) is 2.77. The zero-order chi connectivity index (χ0) is 14.5. The predicted molar refractivity (Wildman–Crippen MR) is 85.4 cm³/mol. The highest BCUT2D eigenvalue weighted by molar-refractivity contribution is 7.80. The number of hydrogen-bond acceptors (Lipinski definition) is 2. The molecule has 0 bridgehead atoms. The molecule has 1 aromatic heterocycles. The largest absolute Gasteiger partial charge is 0.359 e. The van der Waals surface area contributed by atoms with Crippen molar-refractivity contribution in [3.8, 4) is 0 Å². The molecule has 4 nitrogen and oxygen atoms in total. The lowest BCUT2D eigenvalue weighted by molar-refractivity contribution is 0.696. The van der Waals surface area contributed by atoms with Gasteiger partial charge in [-0.1, -0.05) is 30.3 Å². The summed E-state index contributed by atoms with van der Waals surface area (Å²) in [5.41, 5.74) is 3.52. The van der Waals surface area contributed by atoms with E-state index in [2.05, 4.69) is 34.8 Å². The van der Waals surface area contributed by atoms with Crippen molar-refractivity contribution < 1.29 is 0 Å². The van der Waals surface area contributed by atoms with Crippen LogP contribution in [0.2, 0.25) is 0 Å². The molecule has 0 saturated heterocycles. The van der Waals surface area contributed by atoms with E-state index in [4.69, 9.17) is 12.2 Å². The Morgan fingerprint density at radius 3 is 2.65 bits per heavy atom. The third-order valence-electron chi connectivity index (χ3n) is 3.42. The van der Waals surface area contributed by atoms with Crippen LogP contribution < -0.4 is 10.6 Å². The van der Waals surface area contributed by atoms with Crippen molar-refractivity contribution in [1.29, 1.82) is 0 Å². The van der Waals surface area contributed by atoms with Gasteiger partial charge in [0.05, 0.1) is 12.2 Å². The van der Waals surface area contributed by atoms with Gasteiger partial charge in [-0.3, -0.25) is 4.68 Å². The van der Waals surface area contributed by atoms with Crippen LogP contribution in [0.1, 0.15) is 29.8 Å². The maximum atomic E-state index is 5.33. The van der Waals surface area contributed by atoms with Crippen molar-refractivity contribution >= 4 is 17.3 Å². The fraction of sp³-hybridized carbons (Fsp3) is 0.333. The molecule has 1 aromatic carbocycles. The fourth-order valence-electron chi connectivity index (χ4n) is 1.97. The lowest BCUT2D eigenvalue weighted by Gasteiger charge is -2.17. The van der Waals surface area contributed by atoms with Gasteiger partial charge in [0.15, 0.2) is 5.11 Å². The Labute approximate surface area is 125 Å². The summed E-state index contributed by atoms with van der Waals surface area (Å²) in [6.07, 6.45) is 1.87. The summed E-state index contributed by atoms with van der Waals surface area (Å²) >= 11 is 5.33. The smallest absolute Gasteiger partial charge is 0.167 e. The predicted octanol–water partition coefficient (Wildman–Crippen LogP) is 2.45. The number of nitrogens with zero attached hydrogens (tertiary/aromatic N) is 2. The van der Waals surface area contributed by atoms with Crippen LogP contribution in [0.4, 0.5) is 0 Å². The van der Waals surface area contributed by atoms with E-state index in [1.54, 1.807) is 0 Å². The average molecular weight is 288 g/mol. The van der Waals surface area contributed by atoms with Crippen LogP contribution in [0.15, 0.2) is 36.5 Å². The van der Waals surface area contributed by atoms with Crippen LogP contribution in [-0.4, -0.2) is 14.9 Å². The second kappa shape index (κ2) is 6.52. The molecule has 2 N–H and O–H groups in total. The SMILES string of the molecule is Cc1c(CNC(=S)NC(C)c2ccccc2)cnn1C. The fourth-order valence-corrected chi connectivity index (χ4v) is 2.21. The molecule has 1 atom stereocenters. The lowest BCUT2D eigenvalue weighted by atomic mass is 10.1. The molecule has 1 heterocycles. The molecular weight excluding hydrogens is 268 g/mol. The highest BCUT2D eigenvalue weighted by Crippen LogP contribution is 2.11. The number of nitrogens with one attached hydrogen (secondary N) is 2. The Kier molecular flexibility index (Phi) is 4.74. The van der Waals surface area contributed by atoms with Crippen LogP contribution in [0.3, 0.4) is 0 Å². The van der Waals surface area contributed by atoms with E-state index in [-0.39, 0.29) is 6.04 Å². The number of aryl methyl sites for hydroxylation is 1. The minimum Gasteiger partial charge on any atom is -0.359 e. The number of benzene rings is 1. The molecule has 0 amide bonds. The normalized spacial score (nSPS) is 11.9. The summed E-state index contributed by atoms with van der Waals surface area (Å²) in [6.45, 7) is 4.83. The molecule has 1 unspecified atom stereocenters. The number of rotatable bonds is 4. The molecule has 106 valence electrons. The standard InChI is InChI=1S/C15H20N4S/c1-11(13-7-5-4-6-8-13)18-15(20)16-9-14-10-17-19(3)12(14)2/h4-8,10-11H,9H2,1-3H3,(H2,16,18,20). The first-order chi connectivity index (χ1) is 9.58. The molecule has 0 aliphatic rings. The Bertz CT molecular complexity index is 577. The van der Waals surface area contributed by atoms with Gasteiger partial charge in [0.1, 0.15) is 0 Å². The highest BCUT2D eigenvalue weighted by Gasteiger charge is 2.07. The van der Waals surface area contributed by atoms with Crippen molar-refractivity contribution in [1.82, 2.24) is 20.4 Å². The van der Waals surface area contributed by atoms with Crippen molar-refractivity contribution in [3.05, 3.63) is 53.3 Å². The summed E-state index contributed by atoms with van der Waals surface area (Å²) in [5.74, 6) is 0. The summed E-state index contributed by atoms with van der Waals surface area (Å²) in [7, 11) is 1.94. The van der Waals surface area contributed by atoms with Crippen molar-refractivity contribution in [2.75, 3.05) is 0 Å². The molecule has 0 aliphatic carbocycles. The monoisotopic (exact) mass is 288 g/mol. The molecule has 0 fully saturated rings. The van der Waals surface area contributed by atoms with Gasteiger partial charge in [0, 0.05) is 24.8 Å². The van der Waals surface area contributed by atoms with Crippen LogP contribution >= 0.6 is 12.2 Å². The summed E-state index contributed by atoms with van der Waals surface area (Å²) < 4.78 is 1.86. The number of aromatic nitrogens is 2. The second-order valence-electron chi connectivity index (χ2n) is 4.84. The maximum absolute atomic E-state index is 5.33. The molecular formula is C15H20N4S. The van der Waals surface area contributed by atoms with Gasteiger partial charge in [0.2, 0.25) is 0 Å². The van der Waals surface area contributed by atoms with E-state index in [0.717, 1.165) is 11.3 Å². The van der Waals surface area contributed by atoms with Gasteiger partial charge in [-0.25, -0.2) is 0 Å². The minimum atomic E-state index is 0.186. The quantitative estimate of drug-likeness (QED) is 0.848. The molecule has 0 saturated carbocycles. The lowest BCUT2D eigenvalue weighted by Crippen LogP contribution is -2.36. The highest BCUT2D eigenvalue weighted by atomic mass is 32.1. The Hall–Kier alpha value is -1.88. The van der Waals surface area contributed by atoms with Gasteiger partial charge in [0.25, 0.3) is 0 Å². The number of hydrogen-bond donors (Lipinski definition) is 2. The first-order valence-electron chi connectivity index (χ1n) is 6.64. The molecule has 0 spiro atoms. The van der Waals surface area contributed by atoms with Crippen molar-refractivity contribution in [2.45, 2.75) is 26.4 Å². The first-order valence-corrected chi connectivity index (χ1v) is 7.05. The first kappa shape index (κ1) is 14.5. The topological polar surface area (TPSA) is 41.9 Å². The Balaban J connectivity index is 1.85. The van der Waals surface area contributed by atoms with Gasteiger partial charge in [-0.2, -0.15) is 5.10 Å². The van der Waals surface area contributed by atoms with E-state index in [9.17, 15) is 0 Å². The second-order valence-corrected chi connectivity index (χ2v) is 5.25. The van der Waals surface area contributed by atoms with Crippen LogP contribution in [0, 0.1) is 6.92 Å². The van der Waals surface area contributed by atoms with E-state index >= 15 is 0 Å². The Morgan fingerprint density at radius 1 is 1.35 bits per heavy atom. The zero-order valence-electron chi connectivity index (χ0n) is 12.1. The number of thiocarbonyl (C=S) groups is 1. The van der Waals surface area contributed by atoms with Gasteiger partial charge in [-0.15, -0.1) is 0 Å². The molecule has 2 rings (SSSR count). The van der Waals surface area contributed by atoms with Crippen molar-refractivity contribution in [3.63, 3.8) is 0 Å². The van der Waals surface area contributed by atoms with E-state index in [1.807, 2.05) is 43.0 Å². The zero-order valence-corrected chi connectivity index (χ0v) is 12.9. The molecule has 20 heavy (non-hydrogen) atoms. The van der Waals surface area contributed by atoms with Gasteiger partial charge >= 0.3 is 0 Å². The maximum Gasteiger partial charge on any atom is 0.167 e. The molecule has 5 heteroatoms. The minimum absolute atomic E-state index is 0.186. The van der Waals surface area contributed by atoms with E-state index in [1.165, 1.54) is 5.56 Å². The van der Waals surface area contributed by atoms with Crippen molar-refractivity contribution in [2.24, 2.45) is 7.05 Å². The third-order valence-corrected chi connectivity index (χ3v) is 3.69. The van der Waals surface area contributed by atoms with E-state index in [0.29, 0.717) is 11.7 Å². The summed E-state index contributed by atoms with van der Waals surface area (Å²) in [4.78, 5) is 0. The van der Waals surface area contributed by atoms with Crippen LogP contribution in [0.5, 0.6) is 0 Å².